The molecule has 0 bridgehead atoms. The number of carboxylic acid groups (broad SMARTS) is 1. The van der Waals surface area contributed by atoms with E-state index in [9.17, 15) is 39.0 Å². The fraction of sp³-hybridized carbons (Fsp3) is 0.348. The zero-order valence-corrected chi connectivity index (χ0v) is 36.7. The molecular weight excluding hydrogens is 883 g/mol. The van der Waals surface area contributed by atoms with Crippen LogP contribution >= 0.6 is 23.2 Å². The fourth-order valence-electron chi connectivity index (χ4n) is 7.40. The number of nitrogens with one attached hydrogen (secondary N) is 3. The molecule has 0 radical (unpaired) electrons. The van der Waals surface area contributed by atoms with Gasteiger partial charge in [0.2, 0.25) is 17.7 Å². The number of ether oxygens (including phenoxy) is 2. The summed E-state index contributed by atoms with van der Waals surface area (Å²) in [6, 6.07) is 26.7. The highest BCUT2D eigenvalue weighted by Gasteiger charge is 2.39. The number of aliphatic carboxylic acids is 1. The first kappa shape index (κ1) is 48.5. The van der Waals surface area contributed by atoms with Crippen LogP contribution in [0, 0.1) is 0 Å². The summed E-state index contributed by atoms with van der Waals surface area (Å²) in [6.45, 7) is 2.74. The number of carboxylic acids is 1. The molecular formula is C46H50Cl2N6O11. The van der Waals surface area contributed by atoms with Gasteiger partial charge in [-0.3, -0.25) is 28.8 Å². The molecule has 4 aliphatic heterocycles. The molecule has 6 N–H and O–H groups in total. The number of β-amino-alcohol motifs (C(OH)–C–C–N with tert-alkyl or cyclic N) is 2. The number of amides is 5. The third-order valence-corrected chi connectivity index (χ3v) is 11.2. The smallest absolute Gasteiger partial charge is 0.307 e. The van der Waals surface area contributed by atoms with E-state index >= 15 is 0 Å². The summed E-state index contributed by atoms with van der Waals surface area (Å²) in [5, 5.41) is 37.7. The van der Waals surface area contributed by atoms with Crippen molar-refractivity contribution in [3.05, 3.63) is 118 Å². The number of carbonyl (C=O) groups excluding carboxylic acids is 5. The van der Waals surface area contributed by atoms with Gasteiger partial charge in [-0.1, -0.05) is 47.5 Å². The maximum Gasteiger partial charge on any atom is 0.307 e. The molecule has 4 heterocycles. The predicted molar refractivity (Wildman–Crippen MR) is 243 cm³/mol. The van der Waals surface area contributed by atoms with Crippen LogP contribution in [0.25, 0.3) is 0 Å². The van der Waals surface area contributed by atoms with Crippen LogP contribution in [0.15, 0.2) is 97.1 Å². The molecule has 65 heavy (non-hydrogen) atoms. The van der Waals surface area contributed by atoms with Crippen LogP contribution in [0.5, 0.6) is 0 Å². The minimum Gasteiger partial charge on any atom is -0.481 e. The number of nitrogens with zero attached hydrogens (tertiary/aromatic N) is 3. The SMILES string of the molecule is O=C(Nc1ccc(N2CCOCC2=O)cc1)[C@H]1C[C@@H](O)CN1.O=C(Nc1ccc(N2CCOCC2=O)cc1)[C@H]1C[C@@H](O)CN1C(=O)Cc1ccc(Cl)cc1.O=C(O)Cc1ccc(Cl)cc1. The highest BCUT2D eigenvalue weighted by molar-refractivity contribution is 6.30. The molecule has 0 aliphatic carbocycles. The van der Waals surface area contributed by atoms with Crippen molar-refractivity contribution < 1.29 is 53.6 Å². The minimum atomic E-state index is -0.827. The lowest BCUT2D eigenvalue weighted by Crippen LogP contribution is -2.44. The molecule has 4 atom stereocenters. The Labute approximate surface area is 385 Å². The molecule has 344 valence electrons. The summed E-state index contributed by atoms with van der Waals surface area (Å²) in [7, 11) is 0. The van der Waals surface area contributed by atoms with E-state index in [0.717, 1.165) is 22.5 Å². The zero-order chi connectivity index (χ0) is 46.5. The summed E-state index contributed by atoms with van der Waals surface area (Å²) in [4.78, 5) is 76.4. The number of aliphatic hydroxyl groups excluding tert-OH is 2. The Hall–Kier alpha value is -5.92. The second-order valence-electron chi connectivity index (χ2n) is 15.6. The van der Waals surface area contributed by atoms with Gasteiger partial charge in [-0.2, -0.15) is 0 Å². The number of morpholine rings is 2. The van der Waals surface area contributed by atoms with Crippen LogP contribution in [0.1, 0.15) is 24.0 Å². The monoisotopic (exact) mass is 932 g/mol. The number of hydrogen-bond donors (Lipinski definition) is 6. The first-order chi connectivity index (χ1) is 31.2. The van der Waals surface area contributed by atoms with Gasteiger partial charge in [0.1, 0.15) is 19.3 Å². The lowest BCUT2D eigenvalue weighted by Gasteiger charge is -2.27. The van der Waals surface area contributed by atoms with E-state index in [-0.39, 0.29) is 74.6 Å². The normalized spacial score (nSPS) is 20.5. The van der Waals surface area contributed by atoms with Crippen molar-refractivity contribution in [2.75, 3.05) is 73.0 Å². The summed E-state index contributed by atoms with van der Waals surface area (Å²) in [5.41, 5.74) is 4.28. The Bertz CT molecular complexity index is 2280. The maximum atomic E-state index is 12.9. The van der Waals surface area contributed by atoms with Gasteiger partial charge in [-0.15, -0.1) is 0 Å². The van der Waals surface area contributed by atoms with Crippen molar-refractivity contribution in [3.63, 3.8) is 0 Å². The molecule has 19 heteroatoms. The van der Waals surface area contributed by atoms with Crippen LogP contribution in [-0.2, 0) is 51.1 Å². The fourth-order valence-corrected chi connectivity index (χ4v) is 7.65. The van der Waals surface area contributed by atoms with E-state index in [1.165, 1.54) is 4.90 Å². The van der Waals surface area contributed by atoms with Gasteiger partial charge in [0, 0.05) is 65.4 Å². The average Bonchev–Trinajstić information content (AvgIpc) is 3.92. The van der Waals surface area contributed by atoms with Gasteiger partial charge in [0.05, 0.1) is 44.3 Å². The molecule has 17 nitrogen and oxygen atoms in total. The van der Waals surface area contributed by atoms with E-state index in [1.54, 1.807) is 107 Å². The van der Waals surface area contributed by atoms with E-state index in [4.69, 9.17) is 37.8 Å². The number of halogens is 2. The quantitative estimate of drug-likeness (QED) is 0.134. The van der Waals surface area contributed by atoms with Gasteiger partial charge in [-0.25, -0.2) is 0 Å². The molecule has 4 saturated heterocycles. The van der Waals surface area contributed by atoms with Gasteiger partial charge < -0.3 is 55.4 Å². The van der Waals surface area contributed by atoms with Crippen molar-refractivity contribution >= 4 is 81.5 Å². The van der Waals surface area contributed by atoms with Crippen LogP contribution in [-0.4, -0.2) is 133 Å². The Morgan fingerprint density at radius 1 is 0.646 bits per heavy atom. The molecule has 4 aromatic rings. The number of likely N-dealkylation sites (tertiary alicyclic amines) is 1. The van der Waals surface area contributed by atoms with Crippen molar-refractivity contribution in [3.8, 4) is 0 Å². The van der Waals surface area contributed by atoms with Gasteiger partial charge in [-0.05, 0) is 90.3 Å². The van der Waals surface area contributed by atoms with Crippen molar-refractivity contribution in [1.29, 1.82) is 0 Å². The lowest BCUT2D eigenvalue weighted by molar-refractivity contribution is -0.136. The number of benzene rings is 4. The predicted octanol–water partition coefficient (Wildman–Crippen LogP) is 3.52. The molecule has 0 unspecified atom stereocenters. The van der Waals surface area contributed by atoms with Crippen molar-refractivity contribution in [2.24, 2.45) is 0 Å². The number of rotatable bonds is 10. The summed E-state index contributed by atoms with van der Waals surface area (Å²) in [5.74, 6) is -1.75. The second kappa shape index (κ2) is 23.3. The van der Waals surface area contributed by atoms with Gasteiger partial charge >= 0.3 is 5.97 Å². The van der Waals surface area contributed by atoms with E-state index in [2.05, 4.69) is 16.0 Å². The summed E-state index contributed by atoms with van der Waals surface area (Å²) >= 11 is 11.5. The van der Waals surface area contributed by atoms with Gasteiger partial charge in [0.25, 0.3) is 11.8 Å². The highest BCUT2D eigenvalue weighted by atomic mass is 35.5. The van der Waals surface area contributed by atoms with Crippen LogP contribution in [0.3, 0.4) is 0 Å². The molecule has 0 spiro atoms. The molecule has 0 saturated carbocycles. The molecule has 0 aromatic heterocycles. The summed E-state index contributed by atoms with van der Waals surface area (Å²) in [6.07, 6.45) is -0.446. The molecule has 5 amide bonds. The van der Waals surface area contributed by atoms with Crippen LogP contribution < -0.4 is 25.8 Å². The largest absolute Gasteiger partial charge is 0.481 e. The Balaban J connectivity index is 0.000000182. The third-order valence-electron chi connectivity index (χ3n) is 10.7. The molecule has 4 aliphatic rings. The molecule has 4 aromatic carbocycles. The number of hydrogen-bond acceptors (Lipinski definition) is 11. The van der Waals surface area contributed by atoms with E-state index in [1.807, 2.05) is 0 Å². The maximum absolute atomic E-state index is 12.9. The van der Waals surface area contributed by atoms with Gasteiger partial charge in [0.15, 0.2) is 0 Å². The zero-order valence-electron chi connectivity index (χ0n) is 35.2. The Kier molecular flexibility index (Phi) is 17.4. The van der Waals surface area contributed by atoms with Crippen LogP contribution in [0.2, 0.25) is 10.0 Å². The number of aliphatic hydroxyl groups is 2. The topological polar surface area (TPSA) is 227 Å². The first-order valence-electron chi connectivity index (χ1n) is 20.9. The summed E-state index contributed by atoms with van der Waals surface area (Å²) < 4.78 is 10.2. The standard InChI is InChI=1S/C23H24ClN3O5.C15H19N3O4.C8H7ClO2/c24-16-3-1-15(2-4-16)11-21(29)27-13-19(28)12-20(27)23(31)25-17-5-7-18(8-6-17)26-9-10-32-14-22(26)30;19-12-7-13(16-8-12)15(21)17-10-1-3-11(4-2-10)18-5-6-22-9-14(18)20;9-7-3-1-6(2-4-7)5-8(10)11/h1-8,19-20,28H,9-14H2,(H,25,31);1-4,12-13,16,19H,5-9H2,(H,17,21);1-4H,5H2,(H,10,11)/t19-,20-;12-,13-;/m11./s1. The molecule has 4 fully saturated rings. The lowest BCUT2D eigenvalue weighted by atomic mass is 10.1. The average molecular weight is 934 g/mol. The van der Waals surface area contributed by atoms with E-state index < -0.39 is 24.2 Å². The number of anilines is 4. The van der Waals surface area contributed by atoms with Crippen LogP contribution in [0.4, 0.5) is 22.7 Å². The number of carbonyl (C=O) groups is 6. The highest BCUT2D eigenvalue weighted by Crippen LogP contribution is 2.25. The van der Waals surface area contributed by atoms with Crippen molar-refractivity contribution in [1.82, 2.24) is 10.2 Å². The minimum absolute atomic E-state index is 0.0527. The molecule has 8 rings (SSSR count). The Morgan fingerprint density at radius 2 is 1.12 bits per heavy atom. The Morgan fingerprint density at radius 3 is 1.57 bits per heavy atom. The second-order valence-corrected chi connectivity index (χ2v) is 16.4. The van der Waals surface area contributed by atoms with Crippen molar-refractivity contribution in [2.45, 2.75) is 50.0 Å². The van der Waals surface area contributed by atoms with E-state index in [0.29, 0.717) is 60.7 Å². The third kappa shape index (κ3) is 14.3. The first-order valence-corrected chi connectivity index (χ1v) is 21.7.